The molecule has 0 unspecified atom stereocenters. The first-order valence-electron chi connectivity index (χ1n) is 6.23. The van der Waals surface area contributed by atoms with E-state index >= 15 is 0 Å². The number of hydrogen-bond donors (Lipinski definition) is 1. The van der Waals surface area contributed by atoms with Gasteiger partial charge in [0.1, 0.15) is 0 Å². The second-order valence-corrected chi connectivity index (χ2v) is 4.80. The van der Waals surface area contributed by atoms with Crippen LogP contribution in [0.1, 0.15) is 16.7 Å². The Balaban J connectivity index is 2.09. The third-order valence-electron chi connectivity index (χ3n) is 2.93. The van der Waals surface area contributed by atoms with Gasteiger partial charge in [-0.15, -0.1) is 0 Å². The second kappa shape index (κ2) is 5.39. The Morgan fingerprint density at radius 2 is 1.53 bits per heavy atom. The van der Waals surface area contributed by atoms with Gasteiger partial charge in [-0.05, 0) is 37.1 Å². The number of aryl methyl sites for hydroxylation is 2. The Morgan fingerprint density at radius 3 is 2.11 bits per heavy atom. The predicted octanol–water partition coefficient (Wildman–Crippen LogP) is 4.51. The van der Waals surface area contributed by atoms with Gasteiger partial charge in [-0.1, -0.05) is 36.4 Å². The predicted molar refractivity (Wildman–Crippen MR) is 74.7 cm³/mol. The third kappa shape index (κ3) is 3.53. The molecule has 2 rings (SSSR count). The average Bonchev–Trinajstić information content (AvgIpc) is 2.37. The lowest BCUT2D eigenvalue weighted by molar-refractivity contribution is 0.0106. The highest BCUT2D eigenvalue weighted by Crippen LogP contribution is 2.28. The number of halogens is 2. The lowest BCUT2D eigenvalue weighted by Crippen LogP contribution is -2.24. The van der Waals surface area contributed by atoms with E-state index < -0.39 is 12.5 Å². The minimum Gasteiger partial charge on any atom is -0.379 e. The number of rotatable bonds is 4. The van der Waals surface area contributed by atoms with Crippen LogP contribution in [0.25, 0.3) is 0 Å². The molecule has 0 saturated carbocycles. The molecule has 0 radical (unpaired) electrons. The van der Waals surface area contributed by atoms with Crippen LogP contribution in [0, 0.1) is 13.8 Å². The summed E-state index contributed by atoms with van der Waals surface area (Å²) < 4.78 is 28.0. The largest absolute Gasteiger partial charge is 0.379 e. The Morgan fingerprint density at radius 1 is 0.947 bits per heavy atom. The SMILES string of the molecule is Cc1cc(C)cc(NCC(F)(F)c2ccccc2)c1. The van der Waals surface area contributed by atoms with Gasteiger partial charge in [0, 0.05) is 11.3 Å². The van der Waals surface area contributed by atoms with E-state index in [1.54, 1.807) is 18.2 Å². The molecule has 0 heterocycles. The van der Waals surface area contributed by atoms with Gasteiger partial charge in [-0.3, -0.25) is 0 Å². The molecular formula is C16H17F2N. The molecule has 0 aliphatic carbocycles. The zero-order valence-corrected chi connectivity index (χ0v) is 11.1. The van der Waals surface area contributed by atoms with Crippen LogP contribution in [0.3, 0.4) is 0 Å². The first-order chi connectivity index (χ1) is 8.97. The minimum atomic E-state index is -2.88. The van der Waals surface area contributed by atoms with E-state index in [-0.39, 0.29) is 5.56 Å². The number of nitrogens with one attached hydrogen (secondary N) is 1. The van der Waals surface area contributed by atoms with E-state index in [4.69, 9.17) is 0 Å². The Kier molecular flexibility index (Phi) is 3.84. The highest BCUT2D eigenvalue weighted by atomic mass is 19.3. The molecule has 0 bridgehead atoms. The molecule has 0 amide bonds. The lowest BCUT2D eigenvalue weighted by Gasteiger charge is -2.18. The molecule has 100 valence electrons. The molecule has 0 aromatic heterocycles. The van der Waals surface area contributed by atoms with Gasteiger partial charge in [0.15, 0.2) is 0 Å². The van der Waals surface area contributed by atoms with E-state index in [2.05, 4.69) is 5.32 Å². The molecule has 0 fully saturated rings. The summed E-state index contributed by atoms with van der Waals surface area (Å²) in [4.78, 5) is 0. The quantitative estimate of drug-likeness (QED) is 0.854. The van der Waals surface area contributed by atoms with Crippen molar-refractivity contribution >= 4 is 5.69 Å². The maximum absolute atomic E-state index is 14.0. The summed E-state index contributed by atoms with van der Waals surface area (Å²) in [5.41, 5.74) is 2.89. The summed E-state index contributed by atoms with van der Waals surface area (Å²) in [6.45, 7) is 3.50. The zero-order valence-electron chi connectivity index (χ0n) is 11.1. The topological polar surface area (TPSA) is 12.0 Å². The van der Waals surface area contributed by atoms with Crippen LogP contribution in [0.2, 0.25) is 0 Å². The molecule has 2 aromatic carbocycles. The Labute approximate surface area is 112 Å². The van der Waals surface area contributed by atoms with E-state index in [1.807, 2.05) is 32.0 Å². The third-order valence-corrected chi connectivity index (χ3v) is 2.93. The summed E-state index contributed by atoms with van der Waals surface area (Å²) in [6, 6.07) is 13.6. The Bertz CT molecular complexity index is 530. The van der Waals surface area contributed by atoms with Crippen LogP contribution in [-0.4, -0.2) is 6.54 Å². The van der Waals surface area contributed by atoms with Crippen molar-refractivity contribution in [3.63, 3.8) is 0 Å². The highest BCUT2D eigenvalue weighted by molar-refractivity contribution is 5.48. The van der Waals surface area contributed by atoms with Gasteiger partial charge >= 0.3 is 0 Å². The van der Waals surface area contributed by atoms with Crippen LogP contribution in [0.4, 0.5) is 14.5 Å². The number of benzene rings is 2. The van der Waals surface area contributed by atoms with Gasteiger partial charge in [0.2, 0.25) is 0 Å². The molecule has 1 nitrogen and oxygen atoms in total. The van der Waals surface area contributed by atoms with Crippen LogP contribution in [0.5, 0.6) is 0 Å². The normalized spacial score (nSPS) is 11.4. The molecule has 0 saturated heterocycles. The van der Waals surface area contributed by atoms with Crippen molar-refractivity contribution in [2.24, 2.45) is 0 Å². The average molecular weight is 261 g/mol. The van der Waals surface area contributed by atoms with E-state index in [0.717, 1.165) is 16.8 Å². The molecule has 19 heavy (non-hydrogen) atoms. The summed E-state index contributed by atoms with van der Waals surface area (Å²) in [6.07, 6.45) is 0. The fourth-order valence-electron chi connectivity index (χ4n) is 2.07. The van der Waals surface area contributed by atoms with Gasteiger partial charge in [0.25, 0.3) is 5.92 Å². The molecule has 0 aliphatic heterocycles. The molecule has 0 spiro atoms. The number of alkyl halides is 2. The van der Waals surface area contributed by atoms with Gasteiger partial charge in [-0.2, -0.15) is 8.78 Å². The summed E-state index contributed by atoms with van der Waals surface area (Å²) in [5, 5.41) is 2.82. The van der Waals surface area contributed by atoms with Crippen LogP contribution in [-0.2, 0) is 5.92 Å². The molecule has 1 N–H and O–H groups in total. The van der Waals surface area contributed by atoms with Crippen molar-refractivity contribution in [1.29, 1.82) is 0 Å². The van der Waals surface area contributed by atoms with Crippen molar-refractivity contribution in [3.8, 4) is 0 Å². The standard InChI is InChI=1S/C16H17F2N/c1-12-8-13(2)10-15(9-12)19-11-16(17,18)14-6-4-3-5-7-14/h3-10,19H,11H2,1-2H3. The van der Waals surface area contributed by atoms with Crippen molar-refractivity contribution in [2.75, 3.05) is 11.9 Å². The summed E-state index contributed by atoms with van der Waals surface area (Å²) in [5.74, 6) is -2.88. The molecule has 0 aliphatic rings. The summed E-state index contributed by atoms with van der Waals surface area (Å²) in [7, 11) is 0. The molecule has 2 aromatic rings. The van der Waals surface area contributed by atoms with Crippen molar-refractivity contribution in [3.05, 3.63) is 65.2 Å². The first-order valence-corrected chi connectivity index (χ1v) is 6.23. The lowest BCUT2D eigenvalue weighted by atomic mass is 10.1. The molecular weight excluding hydrogens is 244 g/mol. The fraction of sp³-hybridized carbons (Fsp3) is 0.250. The first kappa shape index (κ1) is 13.5. The number of anilines is 1. The van der Waals surface area contributed by atoms with Crippen LogP contribution in [0.15, 0.2) is 48.5 Å². The van der Waals surface area contributed by atoms with Crippen LogP contribution >= 0.6 is 0 Å². The van der Waals surface area contributed by atoms with E-state index in [0.29, 0.717) is 0 Å². The smallest absolute Gasteiger partial charge is 0.290 e. The zero-order chi connectivity index (χ0) is 13.9. The van der Waals surface area contributed by atoms with Gasteiger partial charge in [-0.25, -0.2) is 0 Å². The fourth-order valence-corrected chi connectivity index (χ4v) is 2.07. The maximum Gasteiger partial charge on any atom is 0.290 e. The van der Waals surface area contributed by atoms with Crippen molar-refractivity contribution in [2.45, 2.75) is 19.8 Å². The Hall–Kier alpha value is -1.90. The minimum absolute atomic E-state index is 0.0341. The van der Waals surface area contributed by atoms with E-state index in [9.17, 15) is 8.78 Å². The molecule has 3 heteroatoms. The van der Waals surface area contributed by atoms with Crippen molar-refractivity contribution in [1.82, 2.24) is 0 Å². The van der Waals surface area contributed by atoms with Crippen molar-refractivity contribution < 1.29 is 8.78 Å². The van der Waals surface area contributed by atoms with Crippen LogP contribution < -0.4 is 5.32 Å². The maximum atomic E-state index is 14.0. The monoisotopic (exact) mass is 261 g/mol. The van der Waals surface area contributed by atoms with Gasteiger partial charge < -0.3 is 5.32 Å². The van der Waals surface area contributed by atoms with Gasteiger partial charge in [0.05, 0.1) is 6.54 Å². The van der Waals surface area contributed by atoms with E-state index in [1.165, 1.54) is 12.1 Å². The second-order valence-electron chi connectivity index (χ2n) is 4.80. The highest BCUT2D eigenvalue weighted by Gasteiger charge is 2.30. The summed E-state index contributed by atoms with van der Waals surface area (Å²) >= 11 is 0. The number of hydrogen-bond acceptors (Lipinski definition) is 1. The molecule has 0 atom stereocenters.